The zero-order valence-corrected chi connectivity index (χ0v) is 19.3. The van der Waals surface area contributed by atoms with E-state index in [1.807, 2.05) is 22.8 Å². The topological polar surface area (TPSA) is 97.2 Å². The summed E-state index contributed by atoms with van der Waals surface area (Å²) in [5.41, 5.74) is 2.12. The fraction of sp³-hybridized carbons (Fsp3) is 0.417. The molecule has 9 nitrogen and oxygen atoms in total. The molecule has 1 aromatic carbocycles. The van der Waals surface area contributed by atoms with Gasteiger partial charge in [-0.15, -0.1) is 0 Å². The molecule has 3 aromatic rings. The molecule has 1 saturated heterocycles. The molecule has 0 saturated carbocycles. The molecule has 2 aromatic heterocycles. The molecule has 0 bridgehead atoms. The lowest BCUT2D eigenvalue weighted by Gasteiger charge is -2.25. The highest BCUT2D eigenvalue weighted by molar-refractivity contribution is 6.04. The van der Waals surface area contributed by atoms with Crippen LogP contribution in [0.2, 0.25) is 0 Å². The Labute approximate surface area is 193 Å². The van der Waals surface area contributed by atoms with Crippen LogP contribution in [0.1, 0.15) is 27.2 Å². The number of anilines is 2. The van der Waals surface area contributed by atoms with Gasteiger partial charge in [-0.3, -0.25) is 19.2 Å². The number of imidazole rings is 1. The summed E-state index contributed by atoms with van der Waals surface area (Å²) in [5, 5.41) is 6.17. The van der Waals surface area contributed by atoms with E-state index in [-0.39, 0.29) is 11.4 Å². The van der Waals surface area contributed by atoms with Gasteiger partial charge in [0.15, 0.2) is 5.82 Å². The van der Waals surface area contributed by atoms with Crippen molar-refractivity contribution in [1.29, 1.82) is 0 Å². The van der Waals surface area contributed by atoms with Gasteiger partial charge in [0.25, 0.3) is 5.91 Å². The molecule has 0 radical (unpaired) electrons. The summed E-state index contributed by atoms with van der Waals surface area (Å²) in [6.45, 7) is 10.4. The Morgan fingerprint density at radius 2 is 2.03 bits per heavy atom. The maximum atomic E-state index is 12.3. The third kappa shape index (κ3) is 6.28. The lowest BCUT2D eigenvalue weighted by atomic mass is 10.1. The minimum Gasteiger partial charge on any atom is -0.379 e. The Morgan fingerprint density at radius 3 is 2.82 bits per heavy atom. The predicted molar refractivity (Wildman–Crippen MR) is 128 cm³/mol. The number of hydrogen-bond acceptors (Lipinski definition) is 7. The summed E-state index contributed by atoms with van der Waals surface area (Å²) in [6.07, 6.45) is 5.72. The molecule has 0 aliphatic carbocycles. The van der Waals surface area contributed by atoms with Crippen molar-refractivity contribution in [3.05, 3.63) is 36.9 Å². The Bertz CT molecular complexity index is 1180. The molecule has 33 heavy (non-hydrogen) atoms. The number of rotatable bonds is 5. The van der Waals surface area contributed by atoms with Gasteiger partial charge in [0.05, 0.1) is 36.6 Å². The maximum Gasteiger partial charge on any atom is 0.300 e. The SMILES string of the molecule is CC(C)(C)Nc1cncc(-n2cnc3ccc(NC(=O)C#CCCN4CCOCC4)cc32)n1. The fourth-order valence-electron chi connectivity index (χ4n) is 3.53. The van der Waals surface area contributed by atoms with Crippen LogP contribution in [0.3, 0.4) is 0 Å². The second-order valence-electron chi connectivity index (χ2n) is 8.92. The minimum absolute atomic E-state index is 0.134. The normalized spacial score (nSPS) is 14.5. The van der Waals surface area contributed by atoms with E-state index in [1.165, 1.54) is 0 Å². The van der Waals surface area contributed by atoms with Crippen LogP contribution in [0.4, 0.5) is 11.5 Å². The van der Waals surface area contributed by atoms with Gasteiger partial charge in [-0.05, 0) is 44.9 Å². The molecular formula is C24H29N7O2. The molecule has 9 heteroatoms. The lowest BCUT2D eigenvalue weighted by Crippen LogP contribution is -2.36. The lowest BCUT2D eigenvalue weighted by molar-refractivity contribution is -0.111. The van der Waals surface area contributed by atoms with Crippen molar-refractivity contribution in [3.8, 4) is 17.7 Å². The van der Waals surface area contributed by atoms with E-state index in [2.05, 4.69) is 63.1 Å². The predicted octanol–water partition coefficient (Wildman–Crippen LogP) is 2.69. The van der Waals surface area contributed by atoms with Crippen LogP contribution in [-0.4, -0.2) is 68.7 Å². The highest BCUT2D eigenvalue weighted by Crippen LogP contribution is 2.22. The van der Waals surface area contributed by atoms with Crippen LogP contribution in [0.15, 0.2) is 36.9 Å². The monoisotopic (exact) mass is 447 g/mol. The number of amides is 1. The van der Waals surface area contributed by atoms with E-state index in [0.717, 1.165) is 43.9 Å². The number of carbonyl (C=O) groups excluding carboxylic acids is 1. The molecular weight excluding hydrogens is 418 g/mol. The number of aromatic nitrogens is 4. The fourth-order valence-corrected chi connectivity index (χ4v) is 3.53. The third-order valence-electron chi connectivity index (χ3n) is 5.04. The van der Waals surface area contributed by atoms with Gasteiger partial charge in [0.2, 0.25) is 0 Å². The molecule has 2 N–H and O–H groups in total. The van der Waals surface area contributed by atoms with Crippen LogP contribution >= 0.6 is 0 Å². The minimum atomic E-state index is -0.335. The summed E-state index contributed by atoms with van der Waals surface area (Å²) in [6, 6.07) is 5.54. The van der Waals surface area contributed by atoms with E-state index >= 15 is 0 Å². The van der Waals surface area contributed by atoms with Crippen LogP contribution < -0.4 is 10.6 Å². The van der Waals surface area contributed by atoms with E-state index in [1.54, 1.807) is 18.7 Å². The second kappa shape index (κ2) is 9.98. The number of nitrogens with one attached hydrogen (secondary N) is 2. The van der Waals surface area contributed by atoms with Gasteiger partial charge in [-0.25, -0.2) is 9.97 Å². The van der Waals surface area contributed by atoms with Crippen molar-refractivity contribution in [2.45, 2.75) is 32.7 Å². The number of fused-ring (bicyclic) bond motifs is 1. The number of ether oxygens (including phenoxy) is 1. The van der Waals surface area contributed by atoms with E-state index in [4.69, 9.17) is 4.74 Å². The molecule has 3 heterocycles. The number of carbonyl (C=O) groups is 1. The van der Waals surface area contributed by atoms with E-state index in [9.17, 15) is 4.79 Å². The van der Waals surface area contributed by atoms with Gasteiger partial charge >= 0.3 is 0 Å². The smallest absolute Gasteiger partial charge is 0.300 e. The Hall–Kier alpha value is -3.48. The van der Waals surface area contributed by atoms with Crippen molar-refractivity contribution < 1.29 is 9.53 Å². The molecule has 1 aliphatic rings. The van der Waals surface area contributed by atoms with Crippen molar-refractivity contribution in [1.82, 2.24) is 24.4 Å². The quantitative estimate of drug-likeness (QED) is 0.581. The average molecular weight is 448 g/mol. The van der Waals surface area contributed by atoms with Gasteiger partial charge in [-0.2, -0.15) is 0 Å². The van der Waals surface area contributed by atoms with Crippen molar-refractivity contribution in [2.24, 2.45) is 0 Å². The van der Waals surface area contributed by atoms with Crippen LogP contribution in [-0.2, 0) is 9.53 Å². The van der Waals surface area contributed by atoms with E-state index in [0.29, 0.717) is 23.7 Å². The van der Waals surface area contributed by atoms with Gasteiger partial charge in [0.1, 0.15) is 12.1 Å². The first kappa shape index (κ1) is 22.7. The van der Waals surface area contributed by atoms with E-state index < -0.39 is 0 Å². The number of benzene rings is 1. The van der Waals surface area contributed by atoms with Gasteiger partial charge < -0.3 is 15.4 Å². The highest BCUT2D eigenvalue weighted by atomic mass is 16.5. The summed E-state index contributed by atoms with van der Waals surface area (Å²) in [4.78, 5) is 28.0. The Balaban J connectivity index is 1.44. The first-order chi connectivity index (χ1) is 15.9. The van der Waals surface area contributed by atoms with Gasteiger partial charge in [-0.1, -0.05) is 5.92 Å². The Morgan fingerprint density at radius 1 is 1.21 bits per heavy atom. The number of morpholine rings is 1. The molecule has 4 rings (SSSR count). The second-order valence-corrected chi connectivity index (χ2v) is 8.92. The largest absolute Gasteiger partial charge is 0.379 e. The van der Waals surface area contributed by atoms with Crippen LogP contribution in [0, 0.1) is 11.8 Å². The van der Waals surface area contributed by atoms with Gasteiger partial charge in [0, 0.05) is 37.3 Å². The molecule has 1 aliphatic heterocycles. The first-order valence-electron chi connectivity index (χ1n) is 11.0. The van der Waals surface area contributed by atoms with Crippen molar-refractivity contribution in [3.63, 3.8) is 0 Å². The zero-order chi connectivity index (χ0) is 23.3. The summed E-state index contributed by atoms with van der Waals surface area (Å²) < 4.78 is 7.19. The summed E-state index contributed by atoms with van der Waals surface area (Å²) in [5.74, 6) is 6.62. The maximum absolute atomic E-state index is 12.3. The van der Waals surface area contributed by atoms with Crippen LogP contribution in [0.25, 0.3) is 16.9 Å². The number of nitrogens with zero attached hydrogens (tertiary/aromatic N) is 5. The standard InChI is InChI=1S/C24H29N7O2/c1-24(2,3)29-21-15-25-16-22(28-21)31-17-26-19-8-7-18(14-20(19)31)27-23(32)6-4-5-9-30-10-12-33-13-11-30/h7-8,14-17H,5,9-13H2,1-3H3,(H,27,32)(H,28,29). The molecule has 1 fully saturated rings. The summed E-state index contributed by atoms with van der Waals surface area (Å²) >= 11 is 0. The van der Waals surface area contributed by atoms with Crippen LogP contribution in [0.5, 0.6) is 0 Å². The molecule has 1 amide bonds. The molecule has 0 atom stereocenters. The molecule has 0 spiro atoms. The number of hydrogen-bond donors (Lipinski definition) is 2. The molecule has 172 valence electrons. The summed E-state index contributed by atoms with van der Waals surface area (Å²) in [7, 11) is 0. The van der Waals surface area contributed by atoms with Crippen molar-refractivity contribution in [2.75, 3.05) is 43.5 Å². The van der Waals surface area contributed by atoms with Crippen molar-refractivity contribution >= 4 is 28.4 Å². The molecule has 0 unspecified atom stereocenters. The third-order valence-corrected chi connectivity index (χ3v) is 5.04. The Kier molecular flexibility index (Phi) is 6.87. The zero-order valence-electron chi connectivity index (χ0n) is 19.3. The highest BCUT2D eigenvalue weighted by Gasteiger charge is 2.13. The first-order valence-corrected chi connectivity index (χ1v) is 11.0. The average Bonchev–Trinajstić information content (AvgIpc) is 3.20.